The molecule has 3 rings (SSSR count). The number of nitrogens with zero attached hydrogens (tertiary/aromatic N) is 3. The molecule has 0 atom stereocenters. The lowest BCUT2D eigenvalue weighted by Crippen LogP contribution is -2.32. The van der Waals surface area contributed by atoms with Crippen molar-refractivity contribution in [2.45, 2.75) is 32.2 Å². The minimum atomic E-state index is 0.0225. The van der Waals surface area contributed by atoms with Gasteiger partial charge >= 0.3 is 0 Å². The van der Waals surface area contributed by atoms with E-state index in [2.05, 4.69) is 15.6 Å². The maximum atomic E-state index is 11.9. The molecular weight excluding hydrogens is 292 g/mol. The van der Waals surface area contributed by atoms with Gasteiger partial charge in [-0.2, -0.15) is 5.10 Å². The molecule has 0 spiro atoms. The molecule has 2 aromatic heterocycles. The molecule has 0 unspecified atom stereocenters. The summed E-state index contributed by atoms with van der Waals surface area (Å²) in [5.74, 6) is 0.655. The second kappa shape index (κ2) is 5.89. The topological polar surface area (TPSA) is 73.0 Å². The SMILES string of the molecule is O=C(CCc1cc(Cl)no1)NCC1(Cn2cccn2)CC1. The molecule has 0 bridgehead atoms. The molecule has 2 heterocycles. The highest BCUT2D eigenvalue weighted by Crippen LogP contribution is 2.46. The van der Waals surface area contributed by atoms with Crippen molar-refractivity contribution in [3.05, 3.63) is 35.4 Å². The molecule has 7 heteroatoms. The Balaban J connectivity index is 1.41. The fourth-order valence-corrected chi connectivity index (χ4v) is 2.48. The minimum Gasteiger partial charge on any atom is -0.360 e. The first-order chi connectivity index (χ1) is 10.2. The lowest BCUT2D eigenvalue weighted by molar-refractivity contribution is -0.121. The Morgan fingerprint density at radius 1 is 1.52 bits per heavy atom. The molecular formula is C14H17ClN4O2. The van der Waals surface area contributed by atoms with Crippen LogP contribution >= 0.6 is 11.6 Å². The molecule has 6 nitrogen and oxygen atoms in total. The Bertz CT molecular complexity index is 604. The van der Waals surface area contributed by atoms with Crippen LogP contribution in [0.3, 0.4) is 0 Å². The van der Waals surface area contributed by atoms with Crippen molar-refractivity contribution in [3.63, 3.8) is 0 Å². The van der Waals surface area contributed by atoms with Crippen molar-refractivity contribution in [3.8, 4) is 0 Å². The van der Waals surface area contributed by atoms with Gasteiger partial charge in [-0.1, -0.05) is 16.8 Å². The molecule has 112 valence electrons. The van der Waals surface area contributed by atoms with Gasteiger partial charge < -0.3 is 9.84 Å². The lowest BCUT2D eigenvalue weighted by atomic mass is 10.1. The Kier molecular flexibility index (Phi) is 3.96. The molecule has 0 aromatic carbocycles. The number of amides is 1. The van der Waals surface area contributed by atoms with Gasteiger partial charge in [-0.25, -0.2) is 0 Å². The quantitative estimate of drug-likeness (QED) is 0.849. The predicted molar refractivity (Wildman–Crippen MR) is 76.7 cm³/mol. The molecule has 2 aromatic rings. The zero-order chi connectivity index (χ0) is 14.7. The van der Waals surface area contributed by atoms with Crippen LogP contribution in [0, 0.1) is 5.41 Å². The first-order valence-electron chi connectivity index (χ1n) is 7.00. The van der Waals surface area contributed by atoms with Gasteiger partial charge in [0.15, 0.2) is 5.15 Å². The summed E-state index contributed by atoms with van der Waals surface area (Å²) in [5, 5.41) is 11.1. The zero-order valence-electron chi connectivity index (χ0n) is 11.6. The number of carbonyl (C=O) groups is 1. The van der Waals surface area contributed by atoms with E-state index < -0.39 is 0 Å². The summed E-state index contributed by atoms with van der Waals surface area (Å²) in [7, 11) is 0. The lowest BCUT2D eigenvalue weighted by Gasteiger charge is -2.16. The molecule has 1 amide bonds. The van der Waals surface area contributed by atoms with E-state index in [1.54, 1.807) is 12.3 Å². The summed E-state index contributed by atoms with van der Waals surface area (Å²) in [6, 6.07) is 3.55. The van der Waals surface area contributed by atoms with Gasteiger partial charge in [-0.05, 0) is 18.9 Å². The second-order valence-corrected chi connectivity index (χ2v) is 5.98. The van der Waals surface area contributed by atoms with Crippen LogP contribution in [0.15, 0.2) is 29.0 Å². The fourth-order valence-electron chi connectivity index (χ4n) is 2.32. The highest BCUT2D eigenvalue weighted by Gasteiger charge is 2.43. The largest absolute Gasteiger partial charge is 0.360 e. The predicted octanol–water partition coefficient (Wildman–Crippen LogP) is 2.05. The van der Waals surface area contributed by atoms with Gasteiger partial charge in [0.2, 0.25) is 5.91 Å². The third-order valence-electron chi connectivity index (χ3n) is 3.80. The normalized spacial score (nSPS) is 15.9. The molecule has 1 N–H and O–H groups in total. The molecule has 0 saturated heterocycles. The Morgan fingerprint density at radius 3 is 3.00 bits per heavy atom. The van der Waals surface area contributed by atoms with E-state index in [1.807, 2.05) is 16.9 Å². The summed E-state index contributed by atoms with van der Waals surface area (Å²) in [6.45, 7) is 1.56. The van der Waals surface area contributed by atoms with Crippen LogP contribution in [0.25, 0.3) is 0 Å². The highest BCUT2D eigenvalue weighted by molar-refractivity contribution is 6.29. The maximum absolute atomic E-state index is 11.9. The van der Waals surface area contributed by atoms with Gasteiger partial charge in [-0.3, -0.25) is 9.48 Å². The van der Waals surface area contributed by atoms with Gasteiger partial charge in [0.25, 0.3) is 0 Å². The van der Waals surface area contributed by atoms with Crippen LogP contribution in [0.4, 0.5) is 0 Å². The Hall–Kier alpha value is -1.82. The van der Waals surface area contributed by atoms with Crippen LogP contribution in [0.5, 0.6) is 0 Å². The van der Waals surface area contributed by atoms with E-state index in [0.29, 0.717) is 30.3 Å². The summed E-state index contributed by atoms with van der Waals surface area (Å²) in [6.07, 6.45) is 6.88. The van der Waals surface area contributed by atoms with E-state index in [9.17, 15) is 4.79 Å². The smallest absolute Gasteiger partial charge is 0.220 e. The van der Waals surface area contributed by atoms with Crippen LogP contribution in [0.1, 0.15) is 25.0 Å². The van der Waals surface area contributed by atoms with Crippen molar-refractivity contribution in [2.24, 2.45) is 5.41 Å². The van der Waals surface area contributed by atoms with E-state index in [-0.39, 0.29) is 11.3 Å². The maximum Gasteiger partial charge on any atom is 0.220 e. The van der Waals surface area contributed by atoms with E-state index in [4.69, 9.17) is 16.1 Å². The van der Waals surface area contributed by atoms with Crippen molar-refractivity contribution >= 4 is 17.5 Å². The van der Waals surface area contributed by atoms with Gasteiger partial charge in [0.1, 0.15) is 5.76 Å². The molecule has 1 aliphatic rings. The highest BCUT2D eigenvalue weighted by atomic mass is 35.5. The van der Waals surface area contributed by atoms with Crippen LogP contribution < -0.4 is 5.32 Å². The van der Waals surface area contributed by atoms with Crippen LogP contribution in [0.2, 0.25) is 5.15 Å². The molecule has 1 saturated carbocycles. The van der Waals surface area contributed by atoms with Gasteiger partial charge in [0, 0.05) is 49.8 Å². The fraction of sp³-hybridized carbons (Fsp3) is 0.500. The second-order valence-electron chi connectivity index (χ2n) is 5.60. The monoisotopic (exact) mass is 308 g/mol. The van der Waals surface area contributed by atoms with Crippen LogP contribution in [-0.2, 0) is 17.8 Å². The van der Waals surface area contributed by atoms with Crippen molar-refractivity contribution < 1.29 is 9.32 Å². The van der Waals surface area contributed by atoms with Gasteiger partial charge in [-0.15, -0.1) is 0 Å². The number of rotatable bonds is 7. The molecule has 0 radical (unpaired) electrons. The molecule has 21 heavy (non-hydrogen) atoms. The Labute approximate surface area is 127 Å². The number of halogens is 1. The van der Waals surface area contributed by atoms with Crippen LogP contribution in [-0.4, -0.2) is 27.4 Å². The molecule has 1 aliphatic carbocycles. The summed E-state index contributed by atoms with van der Waals surface area (Å²) >= 11 is 5.66. The van der Waals surface area contributed by atoms with Crippen molar-refractivity contribution in [1.29, 1.82) is 0 Å². The standard InChI is InChI=1S/C14H17ClN4O2/c15-12-8-11(21-18-12)2-3-13(20)16-9-14(4-5-14)10-19-7-1-6-17-19/h1,6-8H,2-5,9-10H2,(H,16,20). The average molecular weight is 309 g/mol. The minimum absolute atomic E-state index is 0.0225. The number of aryl methyl sites for hydroxylation is 1. The number of hydrogen-bond acceptors (Lipinski definition) is 4. The summed E-state index contributed by atoms with van der Waals surface area (Å²) < 4.78 is 6.90. The zero-order valence-corrected chi connectivity index (χ0v) is 12.3. The Morgan fingerprint density at radius 2 is 2.38 bits per heavy atom. The number of carbonyl (C=O) groups excluding carboxylic acids is 1. The van der Waals surface area contributed by atoms with E-state index in [1.165, 1.54) is 0 Å². The van der Waals surface area contributed by atoms with E-state index in [0.717, 1.165) is 19.4 Å². The number of hydrogen-bond donors (Lipinski definition) is 1. The van der Waals surface area contributed by atoms with Crippen molar-refractivity contribution in [2.75, 3.05) is 6.54 Å². The molecule has 0 aliphatic heterocycles. The third kappa shape index (κ3) is 3.85. The number of aromatic nitrogens is 3. The first kappa shape index (κ1) is 14.1. The number of nitrogens with one attached hydrogen (secondary N) is 1. The first-order valence-corrected chi connectivity index (χ1v) is 7.38. The van der Waals surface area contributed by atoms with E-state index >= 15 is 0 Å². The third-order valence-corrected chi connectivity index (χ3v) is 3.98. The summed E-state index contributed by atoms with van der Waals surface area (Å²) in [4.78, 5) is 11.9. The molecule has 1 fully saturated rings. The average Bonchev–Trinajstić information content (AvgIpc) is 2.86. The summed E-state index contributed by atoms with van der Waals surface area (Å²) in [5.41, 5.74) is 0.178. The van der Waals surface area contributed by atoms with Crippen molar-refractivity contribution in [1.82, 2.24) is 20.3 Å². The van der Waals surface area contributed by atoms with Gasteiger partial charge in [0.05, 0.1) is 0 Å².